The smallest absolute Gasteiger partial charge is 0.260 e. The molecule has 2 heterocycles. The van der Waals surface area contributed by atoms with Gasteiger partial charge in [0, 0.05) is 21.0 Å². The number of anilines is 2. The number of nitrogens with one attached hydrogen (secondary N) is 1. The molecule has 4 aliphatic rings. The number of nitrogens with zero attached hydrogens (tertiary/aromatic N) is 2. The van der Waals surface area contributed by atoms with E-state index in [1.54, 1.807) is 85.8 Å². The Kier molecular flexibility index (Phi) is 9.23. The van der Waals surface area contributed by atoms with Crippen LogP contribution in [-0.4, -0.2) is 47.5 Å². The van der Waals surface area contributed by atoms with E-state index in [2.05, 4.69) is 21.4 Å². The van der Waals surface area contributed by atoms with Gasteiger partial charge in [-0.25, -0.2) is 0 Å². The van der Waals surface area contributed by atoms with Crippen molar-refractivity contribution in [3.63, 3.8) is 0 Å². The Balaban J connectivity index is 1.35. The number of hydrazine groups is 1. The van der Waals surface area contributed by atoms with Crippen LogP contribution in [0.15, 0.2) is 101 Å². The SMILES string of the molecule is CCOc1cccc(C2C3=CCC4C(=O)N(c5ccc(Br)cc5)C(=O)C4C3CC3C(=O)N(Nc4ccc(Cl)cc4Cl)C(=O)C32c2ccc(OC)cc2)c1O. The summed E-state index contributed by atoms with van der Waals surface area (Å²) < 4.78 is 12.1. The number of benzene rings is 4. The molecule has 3 fully saturated rings. The van der Waals surface area contributed by atoms with Gasteiger partial charge in [0.1, 0.15) is 5.75 Å². The van der Waals surface area contributed by atoms with Crippen LogP contribution in [0.3, 0.4) is 0 Å². The highest BCUT2D eigenvalue weighted by Crippen LogP contribution is 2.65. The molecule has 54 heavy (non-hydrogen) atoms. The Labute approximate surface area is 329 Å². The number of methoxy groups -OCH3 is 1. The number of hydrogen-bond donors (Lipinski definition) is 2. The molecule has 13 heteroatoms. The summed E-state index contributed by atoms with van der Waals surface area (Å²) in [6, 6.07) is 23.7. The van der Waals surface area contributed by atoms with Crippen LogP contribution in [0, 0.1) is 23.7 Å². The second-order valence-electron chi connectivity index (χ2n) is 13.8. The largest absolute Gasteiger partial charge is 0.504 e. The number of carbonyl (C=O) groups excluding carboxylic acids is 4. The second kappa shape index (κ2) is 13.8. The highest BCUT2D eigenvalue weighted by molar-refractivity contribution is 9.10. The molecule has 2 aliphatic carbocycles. The number of aromatic hydroxyl groups is 1. The first-order valence-corrected chi connectivity index (χ1v) is 19.1. The van der Waals surface area contributed by atoms with Gasteiger partial charge >= 0.3 is 0 Å². The molecule has 2 saturated heterocycles. The summed E-state index contributed by atoms with van der Waals surface area (Å²) >= 11 is 16.2. The third-order valence-corrected chi connectivity index (χ3v) is 12.4. The topological polar surface area (TPSA) is 125 Å². The normalized spacial score (nSPS) is 25.9. The van der Waals surface area contributed by atoms with Gasteiger partial charge in [-0.15, -0.1) is 0 Å². The van der Waals surface area contributed by atoms with Crippen LogP contribution in [0.4, 0.5) is 11.4 Å². The van der Waals surface area contributed by atoms with Crippen LogP contribution >= 0.6 is 39.1 Å². The van der Waals surface area contributed by atoms with Gasteiger partial charge in [-0.3, -0.25) is 29.5 Å². The Morgan fingerprint density at radius 2 is 1.67 bits per heavy atom. The van der Waals surface area contributed by atoms with E-state index in [0.29, 0.717) is 33.2 Å². The maximum atomic E-state index is 15.5. The summed E-state index contributed by atoms with van der Waals surface area (Å²) in [4.78, 5) is 60.3. The van der Waals surface area contributed by atoms with Crippen molar-refractivity contribution in [2.75, 3.05) is 24.0 Å². The van der Waals surface area contributed by atoms with E-state index < -0.39 is 46.8 Å². The van der Waals surface area contributed by atoms with E-state index in [0.717, 1.165) is 9.48 Å². The number of rotatable bonds is 8. The third-order valence-electron chi connectivity index (χ3n) is 11.3. The molecule has 2 N–H and O–H groups in total. The van der Waals surface area contributed by atoms with Crippen molar-refractivity contribution in [3.05, 3.63) is 122 Å². The van der Waals surface area contributed by atoms with Crippen LogP contribution < -0.4 is 19.8 Å². The van der Waals surface area contributed by atoms with Crippen molar-refractivity contribution >= 4 is 74.1 Å². The van der Waals surface area contributed by atoms with Crippen molar-refractivity contribution in [2.24, 2.45) is 23.7 Å². The molecule has 0 aromatic heterocycles. The lowest BCUT2D eigenvalue weighted by Gasteiger charge is -2.50. The quantitative estimate of drug-likeness (QED) is 0.135. The molecule has 6 atom stereocenters. The van der Waals surface area contributed by atoms with E-state index >= 15 is 4.79 Å². The minimum Gasteiger partial charge on any atom is -0.504 e. The molecule has 8 rings (SSSR count). The van der Waals surface area contributed by atoms with Crippen LogP contribution in [0.2, 0.25) is 10.0 Å². The average molecular weight is 832 g/mol. The van der Waals surface area contributed by atoms with E-state index in [4.69, 9.17) is 32.7 Å². The lowest BCUT2D eigenvalue weighted by molar-refractivity contribution is -0.138. The molecule has 4 aromatic rings. The lowest BCUT2D eigenvalue weighted by Crippen LogP contribution is -2.53. The van der Waals surface area contributed by atoms with Crippen molar-refractivity contribution in [2.45, 2.75) is 31.1 Å². The maximum absolute atomic E-state index is 15.5. The highest BCUT2D eigenvalue weighted by atomic mass is 79.9. The van der Waals surface area contributed by atoms with Crippen molar-refractivity contribution in [3.8, 4) is 17.2 Å². The third kappa shape index (κ3) is 5.42. The van der Waals surface area contributed by atoms with Crippen molar-refractivity contribution in [1.82, 2.24) is 5.01 Å². The fourth-order valence-electron chi connectivity index (χ4n) is 9.08. The Bertz CT molecular complexity index is 2250. The molecule has 276 valence electrons. The van der Waals surface area contributed by atoms with Crippen LogP contribution in [0.1, 0.15) is 36.8 Å². The molecule has 0 spiro atoms. The number of para-hydroxylation sites is 1. The fourth-order valence-corrected chi connectivity index (χ4v) is 9.79. The number of halogens is 3. The number of carbonyl (C=O) groups is 4. The van der Waals surface area contributed by atoms with Crippen LogP contribution in [0.5, 0.6) is 17.2 Å². The lowest BCUT2D eigenvalue weighted by atomic mass is 9.49. The van der Waals surface area contributed by atoms with Gasteiger partial charge in [0.25, 0.3) is 11.8 Å². The number of phenolic OH excluding ortho intramolecular Hbond substituents is 1. The van der Waals surface area contributed by atoms with Gasteiger partial charge in [0.2, 0.25) is 11.8 Å². The minimum absolute atomic E-state index is 0.0751. The molecular weight excluding hydrogens is 797 g/mol. The first kappa shape index (κ1) is 36.2. The van der Waals surface area contributed by atoms with E-state index in [1.807, 2.05) is 6.08 Å². The van der Waals surface area contributed by atoms with E-state index in [9.17, 15) is 19.5 Å². The number of fused-ring (bicyclic) bond motifs is 4. The van der Waals surface area contributed by atoms with Crippen molar-refractivity contribution < 1.29 is 33.8 Å². The summed E-state index contributed by atoms with van der Waals surface area (Å²) in [6.45, 7) is 2.06. The fraction of sp³-hybridized carbons (Fsp3) is 0.268. The first-order valence-electron chi connectivity index (χ1n) is 17.5. The van der Waals surface area contributed by atoms with E-state index in [-0.39, 0.29) is 53.5 Å². The predicted molar refractivity (Wildman–Crippen MR) is 207 cm³/mol. The molecule has 6 unspecified atom stereocenters. The highest BCUT2D eigenvalue weighted by Gasteiger charge is 2.70. The summed E-state index contributed by atoms with van der Waals surface area (Å²) in [6.07, 6.45) is 2.24. The molecule has 10 nitrogen and oxygen atoms in total. The van der Waals surface area contributed by atoms with Gasteiger partial charge in [-0.2, -0.15) is 5.01 Å². The summed E-state index contributed by atoms with van der Waals surface area (Å²) in [5, 5.41) is 13.5. The Morgan fingerprint density at radius 3 is 2.35 bits per heavy atom. The first-order chi connectivity index (χ1) is 26.0. The maximum Gasteiger partial charge on any atom is 0.260 e. The van der Waals surface area contributed by atoms with Gasteiger partial charge in [-0.1, -0.05) is 75.0 Å². The van der Waals surface area contributed by atoms with E-state index in [1.165, 1.54) is 18.1 Å². The average Bonchev–Trinajstić information content (AvgIpc) is 3.55. The molecule has 2 aliphatic heterocycles. The number of phenols is 1. The van der Waals surface area contributed by atoms with Crippen LogP contribution in [0.25, 0.3) is 0 Å². The standard InChI is InChI=1S/C41H34BrCl2N3O7/c1-3-54-33-6-4-5-28(36(33)48)35-26-16-17-27-34(39(51)46(37(27)49)24-12-9-22(42)10-13-24)29(26)20-30-38(50)47(45-32-18-11-23(43)19-31(32)44)40(52)41(30,35)21-7-14-25(53-2)15-8-21/h4-16,18-19,27,29-30,34-35,45,48H,3,17,20H2,1-2H3. The Hall–Kier alpha value is -4.84. The molecule has 4 aromatic carbocycles. The minimum atomic E-state index is -1.64. The zero-order valence-electron chi connectivity index (χ0n) is 29.1. The molecule has 0 radical (unpaired) electrons. The van der Waals surface area contributed by atoms with Gasteiger partial charge in [0.05, 0.1) is 53.3 Å². The summed E-state index contributed by atoms with van der Waals surface area (Å²) in [5.41, 5.74) is 3.64. The van der Waals surface area contributed by atoms with Crippen molar-refractivity contribution in [1.29, 1.82) is 0 Å². The monoisotopic (exact) mass is 829 g/mol. The molecule has 1 saturated carbocycles. The second-order valence-corrected chi connectivity index (χ2v) is 15.6. The van der Waals surface area contributed by atoms with Crippen LogP contribution in [-0.2, 0) is 24.6 Å². The molecule has 4 amide bonds. The number of amides is 4. The number of hydrogen-bond acceptors (Lipinski definition) is 8. The summed E-state index contributed by atoms with van der Waals surface area (Å²) in [5.74, 6) is -5.39. The summed E-state index contributed by atoms with van der Waals surface area (Å²) in [7, 11) is 1.54. The number of imide groups is 2. The predicted octanol–water partition coefficient (Wildman–Crippen LogP) is 8.06. The van der Waals surface area contributed by atoms with Gasteiger partial charge in [-0.05, 0) is 91.9 Å². The molecular formula is C41H34BrCl2N3O7. The van der Waals surface area contributed by atoms with Gasteiger partial charge < -0.3 is 14.6 Å². The zero-order chi connectivity index (χ0) is 38.1. The Morgan fingerprint density at radius 1 is 0.926 bits per heavy atom. The van der Waals surface area contributed by atoms with Gasteiger partial charge in [0.15, 0.2) is 11.5 Å². The number of allylic oxidation sites excluding steroid dienone is 2. The molecule has 0 bridgehead atoms. The number of ether oxygens (including phenoxy) is 2. The zero-order valence-corrected chi connectivity index (χ0v) is 32.2.